The summed E-state index contributed by atoms with van der Waals surface area (Å²) in [5.41, 5.74) is 2.30. The average Bonchev–Trinajstić information content (AvgIpc) is 2.59. The number of nitrogens with one attached hydrogen (secondary N) is 1. The molecule has 26 heavy (non-hydrogen) atoms. The number of carbonyl (C=O) groups is 1. The maximum Gasteiger partial charge on any atom is 0.253 e. The van der Waals surface area contributed by atoms with Crippen molar-refractivity contribution in [2.24, 2.45) is 0 Å². The number of carbonyl (C=O) groups excluding carboxylic acids is 1. The highest BCUT2D eigenvalue weighted by atomic mass is 19.1. The molecule has 0 radical (unpaired) electrons. The van der Waals surface area contributed by atoms with E-state index in [4.69, 9.17) is 4.74 Å². The third-order valence-electron chi connectivity index (χ3n) is 4.08. The number of fused-ring (bicyclic) bond motifs is 1. The number of rotatable bonds is 5. The van der Waals surface area contributed by atoms with E-state index in [1.54, 1.807) is 26.2 Å². The van der Waals surface area contributed by atoms with Gasteiger partial charge >= 0.3 is 0 Å². The second kappa shape index (κ2) is 7.47. The van der Waals surface area contributed by atoms with Crippen LogP contribution in [0.1, 0.15) is 21.6 Å². The summed E-state index contributed by atoms with van der Waals surface area (Å²) < 4.78 is 31.6. The van der Waals surface area contributed by atoms with Crippen molar-refractivity contribution in [3.8, 4) is 5.75 Å². The van der Waals surface area contributed by atoms with E-state index >= 15 is 0 Å². The minimum absolute atomic E-state index is 0.266. The summed E-state index contributed by atoms with van der Waals surface area (Å²) in [5.74, 6) is -0.832. The topological polar surface area (TPSA) is 51.2 Å². The number of hydrogen-bond donors (Lipinski definition) is 1. The summed E-state index contributed by atoms with van der Waals surface area (Å²) in [6.07, 6.45) is 0.331. The SMILES string of the molecule is COc1ccc2cc(C(=O)NCCc3cc(F)cc(F)c3)c(C)nc2c1. The first-order chi connectivity index (χ1) is 12.5. The molecule has 0 aliphatic carbocycles. The molecule has 0 saturated carbocycles. The van der Waals surface area contributed by atoms with Crippen LogP contribution in [0.25, 0.3) is 10.9 Å². The number of nitrogens with zero attached hydrogens (tertiary/aromatic N) is 1. The first kappa shape index (κ1) is 17.8. The van der Waals surface area contributed by atoms with Gasteiger partial charge in [0, 0.05) is 24.1 Å². The minimum Gasteiger partial charge on any atom is -0.497 e. The Bertz CT molecular complexity index is 953. The molecule has 2 aromatic carbocycles. The van der Waals surface area contributed by atoms with Gasteiger partial charge < -0.3 is 10.1 Å². The predicted octanol–water partition coefficient (Wildman–Crippen LogP) is 3.80. The minimum atomic E-state index is -0.628. The predicted molar refractivity (Wildman–Crippen MR) is 95.4 cm³/mol. The van der Waals surface area contributed by atoms with E-state index in [1.165, 1.54) is 12.1 Å². The van der Waals surface area contributed by atoms with Crippen molar-refractivity contribution in [2.75, 3.05) is 13.7 Å². The average molecular weight is 356 g/mol. The number of ether oxygens (including phenoxy) is 1. The molecule has 1 aromatic heterocycles. The van der Waals surface area contributed by atoms with Crippen LogP contribution in [-0.4, -0.2) is 24.5 Å². The standard InChI is InChI=1S/C20H18F2N2O2/c1-12-18(9-14-3-4-17(26-2)11-19(14)24-12)20(25)23-6-5-13-7-15(21)10-16(22)8-13/h3-4,7-11H,5-6H2,1-2H3,(H,23,25). The number of amides is 1. The highest BCUT2D eigenvalue weighted by Crippen LogP contribution is 2.21. The molecule has 3 rings (SSSR count). The molecule has 0 spiro atoms. The van der Waals surface area contributed by atoms with Gasteiger partial charge in [-0.1, -0.05) is 0 Å². The van der Waals surface area contributed by atoms with Gasteiger partial charge in [-0.3, -0.25) is 9.78 Å². The molecule has 1 N–H and O–H groups in total. The number of benzene rings is 2. The number of hydrogen-bond acceptors (Lipinski definition) is 3. The van der Waals surface area contributed by atoms with Crippen LogP contribution in [0, 0.1) is 18.6 Å². The smallest absolute Gasteiger partial charge is 0.253 e. The first-order valence-corrected chi connectivity index (χ1v) is 8.15. The maximum absolute atomic E-state index is 13.2. The molecule has 0 atom stereocenters. The largest absolute Gasteiger partial charge is 0.497 e. The second-order valence-corrected chi connectivity index (χ2v) is 5.96. The Hall–Kier alpha value is -3.02. The quantitative estimate of drug-likeness (QED) is 0.756. The van der Waals surface area contributed by atoms with Crippen LogP contribution in [-0.2, 0) is 6.42 Å². The van der Waals surface area contributed by atoms with Crippen LogP contribution >= 0.6 is 0 Å². The highest BCUT2D eigenvalue weighted by Gasteiger charge is 2.12. The van der Waals surface area contributed by atoms with E-state index in [0.29, 0.717) is 29.0 Å². The molecular formula is C20H18F2N2O2. The normalized spacial score (nSPS) is 10.8. The molecule has 0 unspecified atom stereocenters. The Kier molecular flexibility index (Phi) is 5.11. The van der Waals surface area contributed by atoms with Gasteiger partial charge in [0.2, 0.25) is 0 Å². The van der Waals surface area contributed by atoms with Gasteiger partial charge in [-0.25, -0.2) is 8.78 Å². The van der Waals surface area contributed by atoms with Crippen molar-refractivity contribution < 1.29 is 18.3 Å². The highest BCUT2D eigenvalue weighted by molar-refractivity contribution is 5.98. The molecule has 0 fully saturated rings. The number of aromatic nitrogens is 1. The lowest BCUT2D eigenvalue weighted by Gasteiger charge is -2.10. The Morgan fingerprint density at radius 1 is 1.12 bits per heavy atom. The van der Waals surface area contributed by atoms with Gasteiger partial charge in [0.15, 0.2) is 0 Å². The van der Waals surface area contributed by atoms with Crippen LogP contribution in [0.3, 0.4) is 0 Å². The van der Waals surface area contributed by atoms with Crippen LogP contribution < -0.4 is 10.1 Å². The molecule has 134 valence electrons. The zero-order valence-corrected chi connectivity index (χ0v) is 14.5. The molecule has 0 bridgehead atoms. The Labute approximate surface area is 149 Å². The van der Waals surface area contributed by atoms with E-state index in [2.05, 4.69) is 10.3 Å². The summed E-state index contributed by atoms with van der Waals surface area (Å²) >= 11 is 0. The molecule has 1 amide bonds. The zero-order chi connectivity index (χ0) is 18.7. The summed E-state index contributed by atoms with van der Waals surface area (Å²) in [4.78, 5) is 16.9. The molecule has 0 aliphatic heterocycles. The first-order valence-electron chi connectivity index (χ1n) is 8.15. The van der Waals surface area contributed by atoms with Gasteiger partial charge in [0.1, 0.15) is 17.4 Å². The lowest BCUT2D eigenvalue weighted by Crippen LogP contribution is -2.26. The van der Waals surface area contributed by atoms with E-state index in [0.717, 1.165) is 17.0 Å². The van der Waals surface area contributed by atoms with E-state index in [9.17, 15) is 13.6 Å². The Balaban J connectivity index is 1.72. The van der Waals surface area contributed by atoms with E-state index in [-0.39, 0.29) is 12.5 Å². The molecule has 4 nitrogen and oxygen atoms in total. The van der Waals surface area contributed by atoms with E-state index in [1.807, 2.05) is 12.1 Å². The van der Waals surface area contributed by atoms with Crippen molar-refractivity contribution in [3.63, 3.8) is 0 Å². The number of halogens is 2. The van der Waals surface area contributed by atoms with Crippen LogP contribution in [0.15, 0.2) is 42.5 Å². The molecule has 3 aromatic rings. The van der Waals surface area contributed by atoms with Crippen LogP contribution in [0.4, 0.5) is 8.78 Å². The van der Waals surface area contributed by atoms with Crippen LogP contribution in [0.2, 0.25) is 0 Å². The Morgan fingerprint density at radius 3 is 2.54 bits per heavy atom. The summed E-state index contributed by atoms with van der Waals surface area (Å²) in [6, 6.07) is 10.6. The second-order valence-electron chi connectivity index (χ2n) is 5.96. The molecule has 0 saturated heterocycles. The fraction of sp³-hybridized carbons (Fsp3) is 0.200. The monoisotopic (exact) mass is 356 g/mol. The number of pyridine rings is 1. The Morgan fingerprint density at radius 2 is 1.85 bits per heavy atom. The molecule has 0 aliphatic rings. The molecular weight excluding hydrogens is 338 g/mol. The van der Waals surface area contributed by atoms with Crippen molar-refractivity contribution in [1.29, 1.82) is 0 Å². The maximum atomic E-state index is 13.2. The fourth-order valence-electron chi connectivity index (χ4n) is 2.77. The zero-order valence-electron chi connectivity index (χ0n) is 14.5. The van der Waals surface area contributed by atoms with Gasteiger partial charge in [0.25, 0.3) is 5.91 Å². The van der Waals surface area contributed by atoms with Gasteiger partial charge in [-0.15, -0.1) is 0 Å². The third-order valence-corrected chi connectivity index (χ3v) is 4.08. The number of methoxy groups -OCH3 is 1. The lowest BCUT2D eigenvalue weighted by molar-refractivity contribution is 0.0953. The summed E-state index contributed by atoms with van der Waals surface area (Å²) in [7, 11) is 1.58. The van der Waals surface area contributed by atoms with Gasteiger partial charge in [0.05, 0.1) is 23.9 Å². The summed E-state index contributed by atoms with van der Waals surface area (Å²) in [5, 5.41) is 3.59. The third kappa shape index (κ3) is 3.96. The van der Waals surface area contributed by atoms with Crippen molar-refractivity contribution in [2.45, 2.75) is 13.3 Å². The van der Waals surface area contributed by atoms with Crippen molar-refractivity contribution in [1.82, 2.24) is 10.3 Å². The van der Waals surface area contributed by atoms with Crippen molar-refractivity contribution in [3.05, 3.63) is 70.9 Å². The van der Waals surface area contributed by atoms with Gasteiger partial charge in [-0.05, 0) is 49.2 Å². The van der Waals surface area contributed by atoms with E-state index < -0.39 is 11.6 Å². The fourth-order valence-corrected chi connectivity index (χ4v) is 2.77. The summed E-state index contributed by atoms with van der Waals surface area (Å²) in [6.45, 7) is 2.03. The molecule has 1 heterocycles. The number of aryl methyl sites for hydroxylation is 1. The lowest BCUT2D eigenvalue weighted by atomic mass is 10.1. The van der Waals surface area contributed by atoms with Crippen molar-refractivity contribution >= 4 is 16.8 Å². The van der Waals surface area contributed by atoms with Crippen LogP contribution in [0.5, 0.6) is 5.75 Å². The molecule has 6 heteroatoms. The van der Waals surface area contributed by atoms with Gasteiger partial charge in [-0.2, -0.15) is 0 Å².